The SMILES string of the molecule is CSc1ccc(C(=O)OCC(=O)Nc2ccc3c(c2)OCO3)cc1. The van der Waals surface area contributed by atoms with E-state index in [-0.39, 0.29) is 13.4 Å². The molecule has 1 aliphatic rings. The highest BCUT2D eigenvalue weighted by Gasteiger charge is 2.15. The van der Waals surface area contributed by atoms with E-state index in [1.807, 2.05) is 18.4 Å². The molecule has 24 heavy (non-hydrogen) atoms. The zero-order chi connectivity index (χ0) is 16.9. The van der Waals surface area contributed by atoms with E-state index in [4.69, 9.17) is 14.2 Å². The quantitative estimate of drug-likeness (QED) is 0.663. The number of carbonyl (C=O) groups excluding carboxylic acids is 2. The van der Waals surface area contributed by atoms with Crippen molar-refractivity contribution in [3.8, 4) is 11.5 Å². The molecule has 3 rings (SSSR count). The Labute approximate surface area is 143 Å². The number of ether oxygens (including phenoxy) is 3. The first-order valence-electron chi connectivity index (χ1n) is 7.16. The Hall–Kier alpha value is -2.67. The summed E-state index contributed by atoms with van der Waals surface area (Å²) in [5.74, 6) is 0.234. The maximum absolute atomic E-state index is 11.9. The number of fused-ring (bicyclic) bond motifs is 1. The molecule has 6 nitrogen and oxygen atoms in total. The average Bonchev–Trinajstić information content (AvgIpc) is 3.07. The van der Waals surface area contributed by atoms with E-state index in [9.17, 15) is 9.59 Å². The number of esters is 1. The summed E-state index contributed by atoms with van der Waals surface area (Å²) in [6.07, 6.45) is 1.95. The largest absolute Gasteiger partial charge is 0.454 e. The summed E-state index contributed by atoms with van der Waals surface area (Å²) in [5, 5.41) is 2.64. The fraction of sp³-hybridized carbons (Fsp3) is 0.176. The van der Waals surface area contributed by atoms with Crippen LogP contribution in [0.1, 0.15) is 10.4 Å². The van der Waals surface area contributed by atoms with E-state index in [0.29, 0.717) is 22.7 Å². The molecule has 0 spiro atoms. The lowest BCUT2D eigenvalue weighted by Crippen LogP contribution is -2.20. The number of hydrogen-bond donors (Lipinski definition) is 1. The average molecular weight is 345 g/mol. The summed E-state index contributed by atoms with van der Waals surface area (Å²) in [5.41, 5.74) is 0.952. The van der Waals surface area contributed by atoms with E-state index in [2.05, 4.69) is 5.32 Å². The molecule has 7 heteroatoms. The fourth-order valence-electron chi connectivity index (χ4n) is 2.11. The Kier molecular flexibility index (Phi) is 4.90. The third kappa shape index (κ3) is 3.80. The molecule has 0 saturated heterocycles. The summed E-state index contributed by atoms with van der Waals surface area (Å²) in [6, 6.07) is 12.0. The van der Waals surface area contributed by atoms with Crippen LogP contribution in [0.3, 0.4) is 0 Å². The third-order valence-electron chi connectivity index (χ3n) is 3.32. The Morgan fingerprint density at radius 3 is 2.62 bits per heavy atom. The summed E-state index contributed by atoms with van der Waals surface area (Å²) < 4.78 is 15.4. The molecular formula is C17H15NO5S. The van der Waals surface area contributed by atoms with Crippen molar-refractivity contribution < 1.29 is 23.8 Å². The molecule has 1 heterocycles. The summed E-state index contributed by atoms with van der Waals surface area (Å²) >= 11 is 1.58. The van der Waals surface area contributed by atoms with Gasteiger partial charge in [0.15, 0.2) is 18.1 Å². The third-order valence-corrected chi connectivity index (χ3v) is 4.06. The normalized spacial score (nSPS) is 11.9. The number of benzene rings is 2. The van der Waals surface area contributed by atoms with Gasteiger partial charge in [-0.05, 0) is 42.7 Å². The van der Waals surface area contributed by atoms with Crippen molar-refractivity contribution in [2.75, 3.05) is 25.0 Å². The van der Waals surface area contributed by atoms with Crippen LogP contribution in [0.4, 0.5) is 5.69 Å². The molecule has 1 aliphatic heterocycles. The molecule has 2 aromatic carbocycles. The second-order valence-electron chi connectivity index (χ2n) is 4.92. The predicted molar refractivity (Wildman–Crippen MR) is 89.7 cm³/mol. The number of thioether (sulfide) groups is 1. The first-order valence-corrected chi connectivity index (χ1v) is 8.39. The van der Waals surface area contributed by atoms with Crippen LogP contribution in [0.5, 0.6) is 11.5 Å². The van der Waals surface area contributed by atoms with Gasteiger partial charge < -0.3 is 19.5 Å². The van der Waals surface area contributed by atoms with Crippen LogP contribution in [0.15, 0.2) is 47.4 Å². The highest BCUT2D eigenvalue weighted by molar-refractivity contribution is 7.98. The zero-order valence-electron chi connectivity index (χ0n) is 12.9. The molecule has 0 aromatic heterocycles. The first kappa shape index (κ1) is 16.2. The Bertz CT molecular complexity index is 760. The van der Waals surface area contributed by atoms with E-state index in [0.717, 1.165) is 4.90 Å². The zero-order valence-corrected chi connectivity index (χ0v) is 13.7. The molecule has 0 radical (unpaired) electrons. The Balaban J connectivity index is 1.52. The number of nitrogens with one attached hydrogen (secondary N) is 1. The number of amides is 1. The van der Waals surface area contributed by atoms with Crippen LogP contribution >= 0.6 is 11.8 Å². The van der Waals surface area contributed by atoms with Gasteiger partial charge in [0.25, 0.3) is 5.91 Å². The molecule has 0 aliphatic carbocycles. The molecule has 1 N–H and O–H groups in total. The van der Waals surface area contributed by atoms with Gasteiger partial charge in [-0.15, -0.1) is 11.8 Å². The van der Waals surface area contributed by atoms with Gasteiger partial charge in [-0.3, -0.25) is 4.79 Å². The van der Waals surface area contributed by atoms with Crippen molar-refractivity contribution in [2.45, 2.75) is 4.90 Å². The minimum Gasteiger partial charge on any atom is -0.454 e. The second-order valence-corrected chi connectivity index (χ2v) is 5.80. The van der Waals surface area contributed by atoms with Crippen molar-refractivity contribution >= 4 is 29.3 Å². The molecule has 0 bridgehead atoms. The molecule has 0 fully saturated rings. The van der Waals surface area contributed by atoms with Crippen LogP contribution in [-0.4, -0.2) is 31.5 Å². The molecule has 124 valence electrons. The van der Waals surface area contributed by atoms with Crippen LogP contribution in [0, 0.1) is 0 Å². The van der Waals surface area contributed by atoms with Gasteiger partial charge in [0.2, 0.25) is 6.79 Å². The lowest BCUT2D eigenvalue weighted by molar-refractivity contribution is -0.119. The van der Waals surface area contributed by atoms with Crippen molar-refractivity contribution in [1.29, 1.82) is 0 Å². The molecule has 0 atom stereocenters. The van der Waals surface area contributed by atoms with Gasteiger partial charge in [0, 0.05) is 16.6 Å². The minimum atomic E-state index is -0.538. The molecule has 0 unspecified atom stereocenters. The van der Waals surface area contributed by atoms with Gasteiger partial charge >= 0.3 is 5.97 Å². The topological polar surface area (TPSA) is 73.9 Å². The molecular weight excluding hydrogens is 330 g/mol. The second kappa shape index (κ2) is 7.27. The highest BCUT2D eigenvalue weighted by Crippen LogP contribution is 2.34. The van der Waals surface area contributed by atoms with Crippen LogP contribution < -0.4 is 14.8 Å². The lowest BCUT2D eigenvalue weighted by atomic mass is 10.2. The smallest absolute Gasteiger partial charge is 0.338 e. The van der Waals surface area contributed by atoms with Crippen molar-refractivity contribution in [2.24, 2.45) is 0 Å². The number of carbonyl (C=O) groups is 2. The molecule has 1 amide bonds. The van der Waals surface area contributed by atoms with E-state index < -0.39 is 11.9 Å². The van der Waals surface area contributed by atoms with E-state index in [1.54, 1.807) is 42.1 Å². The number of rotatable bonds is 5. The maximum Gasteiger partial charge on any atom is 0.338 e. The van der Waals surface area contributed by atoms with Crippen molar-refractivity contribution in [3.05, 3.63) is 48.0 Å². The van der Waals surface area contributed by atoms with Gasteiger partial charge in [0.05, 0.1) is 5.56 Å². The predicted octanol–water partition coefficient (Wildman–Crippen LogP) is 2.93. The first-order chi connectivity index (χ1) is 11.7. The Morgan fingerprint density at radius 1 is 1.12 bits per heavy atom. The Morgan fingerprint density at radius 2 is 1.88 bits per heavy atom. The monoisotopic (exact) mass is 345 g/mol. The van der Waals surface area contributed by atoms with E-state index in [1.165, 1.54) is 0 Å². The summed E-state index contributed by atoms with van der Waals surface area (Å²) in [6.45, 7) is -0.197. The lowest BCUT2D eigenvalue weighted by Gasteiger charge is -2.07. The van der Waals surface area contributed by atoms with Crippen molar-refractivity contribution in [3.63, 3.8) is 0 Å². The van der Waals surface area contributed by atoms with Crippen LogP contribution in [0.2, 0.25) is 0 Å². The molecule has 2 aromatic rings. The maximum atomic E-state index is 11.9. The van der Waals surface area contributed by atoms with Gasteiger partial charge in [-0.1, -0.05) is 0 Å². The highest BCUT2D eigenvalue weighted by atomic mass is 32.2. The minimum absolute atomic E-state index is 0.166. The summed E-state index contributed by atoms with van der Waals surface area (Å²) in [7, 11) is 0. The van der Waals surface area contributed by atoms with E-state index >= 15 is 0 Å². The molecule has 0 saturated carbocycles. The number of anilines is 1. The fourth-order valence-corrected chi connectivity index (χ4v) is 2.52. The van der Waals surface area contributed by atoms with Crippen molar-refractivity contribution in [1.82, 2.24) is 0 Å². The van der Waals surface area contributed by atoms with Crippen LogP contribution in [-0.2, 0) is 9.53 Å². The van der Waals surface area contributed by atoms with Gasteiger partial charge in [-0.25, -0.2) is 4.79 Å². The van der Waals surface area contributed by atoms with Gasteiger partial charge in [-0.2, -0.15) is 0 Å². The van der Waals surface area contributed by atoms with Gasteiger partial charge in [0.1, 0.15) is 0 Å². The summed E-state index contributed by atoms with van der Waals surface area (Å²) in [4.78, 5) is 24.8. The standard InChI is InChI=1S/C17H15NO5S/c1-24-13-5-2-11(3-6-13)17(20)21-9-16(19)18-12-4-7-14-15(8-12)23-10-22-14/h2-8H,9-10H2,1H3,(H,18,19). The number of hydrogen-bond acceptors (Lipinski definition) is 6. The van der Waals surface area contributed by atoms with Crippen LogP contribution in [0.25, 0.3) is 0 Å².